The number of hydrogen-bond acceptors (Lipinski definition) is 2. The van der Waals surface area contributed by atoms with Crippen molar-refractivity contribution in [2.24, 2.45) is 17.3 Å². The zero-order valence-corrected chi connectivity index (χ0v) is 12.4. The molecule has 0 radical (unpaired) electrons. The standard InChI is InChI=1S/C14H24ClN3/c1-14(2,3)11-6-4-10(5-7-11)9-18-13(16)12(15)8-17-18/h8,10-11H,4-7,9,16H2,1-3H3. The van der Waals surface area contributed by atoms with Gasteiger partial charge in [-0.15, -0.1) is 0 Å². The summed E-state index contributed by atoms with van der Waals surface area (Å²) in [5.74, 6) is 2.16. The second-order valence-electron chi connectivity index (χ2n) is 6.64. The second-order valence-corrected chi connectivity index (χ2v) is 7.05. The molecule has 0 aromatic carbocycles. The second kappa shape index (κ2) is 5.12. The van der Waals surface area contributed by atoms with Gasteiger partial charge in [-0.25, -0.2) is 4.68 Å². The van der Waals surface area contributed by atoms with Crippen LogP contribution in [-0.4, -0.2) is 9.78 Å². The molecule has 0 unspecified atom stereocenters. The number of rotatable bonds is 2. The lowest BCUT2D eigenvalue weighted by Crippen LogP contribution is -2.27. The lowest BCUT2D eigenvalue weighted by molar-refractivity contribution is 0.141. The average molecular weight is 270 g/mol. The quantitative estimate of drug-likeness (QED) is 0.883. The third kappa shape index (κ3) is 3.00. The van der Waals surface area contributed by atoms with E-state index in [-0.39, 0.29) is 0 Å². The Morgan fingerprint density at radius 3 is 2.39 bits per heavy atom. The number of hydrogen-bond donors (Lipinski definition) is 1. The van der Waals surface area contributed by atoms with Crippen molar-refractivity contribution in [3.8, 4) is 0 Å². The summed E-state index contributed by atoms with van der Waals surface area (Å²) in [4.78, 5) is 0. The van der Waals surface area contributed by atoms with Crippen LogP contribution in [-0.2, 0) is 6.54 Å². The van der Waals surface area contributed by atoms with Crippen LogP contribution in [0.2, 0.25) is 5.02 Å². The Balaban J connectivity index is 1.89. The summed E-state index contributed by atoms with van der Waals surface area (Å²) in [5, 5.41) is 4.80. The average Bonchev–Trinajstić information content (AvgIpc) is 2.61. The minimum absolute atomic E-state index is 0.443. The summed E-state index contributed by atoms with van der Waals surface area (Å²) in [6, 6.07) is 0. The van der Waals surface area contributed by atoms with Crippen LogP contribution in [0.5, 0.6) is 0 Å². The molecule has 0 atom stereocenters. The molecule has 0 bridgehead atoms. The Morgan fingerprint density at radius 2 is 1.94 bits per heavy atom. The SMILES string of the molecule is CC(C)(C)C1CCC(Cn2ncc(Cl)c2N)CC1. The number of nitrogens with zero attached hydrogens (tertiary/aromatic N) is 2. The van der Waals surface area contributed by atoms with Crippen molar-refractivity contribution in [1.82, 2.24) is 9.78 Å². The molecule has 1 aromatic rings. The van der Waals surface area contributed by atoms with Gasteiger partial charge in [0, 0.05) is 6.54 Å². The molecule has 102 valence electrons. The number of nitrogens with two attached hydrogens (primary N) is 1. The van der Waals surface area contributed by atoms with Crippen LogP contribution < -0.4 is 5.73 Å². The zero-order valence-electron chi connectivity index (χ0n) is 11.6. The van der Waals surface area contributed by atoms with Gasteiger partial charge in [-0.1, -0.05) is 32.4 Å². The van der Waals surface area contributed by atoms with Gasteiger partial charge < -0.3 is 5.73 Å². The number of anilines is 1. The largest absolute Gasteiger partial charge is 0.383 e. The van der Waals surface area contributed by atoms with E-state index in [1.54, 1.807) is 6.20 Å². The summed E-state index contributed by atoms with van der Waals surface area (Å²) >= 11 is 5.92. The highest BCUT2D eigenvalue weighted by Crippen LogP contribution is 2.40. The minimum Gasteiger partial charge on any atom is -0.383 e. The molecule has 2 rings (SSSR count). The van der Waals surface area contributed by atoms with E-state index in [0.29, 0.717) is 22.2 Å². The molecular formula is C14H24ClN3. The Labute approximate surface area is 115 Å². The summed E-state index contributed by atoms with van der Waals surface area (Å²) in [5.41, 5.74) is 6.33. The molecule has 1 heterocycles. The Bertz CT molecular complexity index is 398. The van der Waals surface area contributed by atoms with Crippen LogP contribution >= 0.6 is 11.6 Å². The first-order valence-electron chi connectivity index (χ1n) is 6.84. The van der Waals surface area contributed by atoms with Crippen molar-refractivity contribution in [3.63, 3.8) is 0 Å². The molecule has 1 aromatic heterocycles. The normalized spacial score (nSPS) is 25.3. The Kier molecular flexibility index (Phi) is 3.90. The predicted octanol–water partition coefficient (Wildman–Crippen LogP) is 3.97. The third-order valence-corrected chi connectivity index (χ3v) is 4.63. The smallest absolute Gasteiger partial charge is 0.140 e. The lowest BCUT2D eigenvalue weighted by atomic mass is 9.70. The van der Waals surface area contributed by atoms with Crippen LogP contribution in [0.15, 0.2) is 6.20 Å². The maximum atomic E-state index is 5.92. The highest BCUT2D eigenvalue weighted by Gasteiger charge is 2.30. The molecule has 0 saturated heterocycles. The molecule has 1 fully saturated rings. The van der Waals surface area contributed by atoms with Crippen LogP contribution in [0.25, 0.3) is 0 Å². The molecule has 3 nitrogen and oxygen atoms in total. The predicted molar refractivity (Wildman–Crippen MR) is 76.6 cm³/mol. The van der Waals surface area contributed by atoms with E-state index in [0.717, 1.165) is 12.5 Å². The summed E-state index contributed by atoms with van der Waals surface area (Å²) in [6.07, 6.45) is 6.83. The van der Waals surface area contributed by atoms with Gasteiger partial charge in [-0.2, -0.15) is 5.10 Å². The van der Waals surface area contributed by atoms with Gasteiger partial charge in [0.2, 0.25) is 0 Å². The van der Waals surface area contributed by atoms with Crippen molar-refractivity contribution in [1.29, 1.82) is 0 Å². The first-order valence-corrected chi connectivity index (χ1v) is 7.22. The number of aromatic nitrogens is 2. The van der Waals surface area contributed by atoms with Gasteiger partial charge in [-0.05, 0) is 42.9 Å². The van der Waals surface area contributed by atoms with E-state index in [1.165, 1.54) is 25.7 Å². The lowest BCUT2D eigenvalue weighted by Gasteiger charge is -2.37. The fraction of sp³-hybridized carbons (Fsp3) is 0.786. The first kappa shape index (κ1) is 13.7. The molecule has 1 saturated carbocycles. The Morgan fingerprint density at radius 1 is 1.33 bits per heavy atom. The summed E-state index contributed by atoms with van der Waals surface area (Å²) in [7, 11) is 0. The fourth-order valence-electron chi connectivity index (χ4n) is 2.97. The van der Waals surface area contributed by atoms with Gasteiger partial charge >= 0.3 is 0 Å². The number of nitrogen functional groups attached to an aromatic ring is 1. The summed E-state index contributed by atoms with van der Waals surface area (Å²) < 4.78 is 1.85. The van der Waals surface area contributed by atoms with Gasteiger partial charge in [0.15, 0.2) is 0 Å². The van der Waals surface area contributed by atoms with Crippen molar-refractivity contribution in [3.05, 3.63) is 11.2 Å². The third-order valence-electron chi connectivity index (χ3n) is 4.34. The van der Waals surface area contributed by atoms with Crippen molar-refractivity contribution < 1.29 is 0 Å². The van der Waals surface area contributed by atoms with Crippen LogP contribution in [0.4, 0.5) is 5.82 Å². The van der Waals surface area contributed by atoms with Gasteiger partial charge in [0.25, 0.3) is 0 Å². The van der Waals surface area contributed by atoms with Crippen molar-refractivity contribution in [2.45, 2.75) is 53.0 Å². The van der Waals surface area contributed by atoms with Crippen molar-refractivity contribution >= 4 is 17.4 Å². The van der Waals surface area contributed by atoms with E-state index < -0.39 is 0 Å². The highest BCUT2D eigenvalue weighted by atomic mass is 35.5. The van der Waals surface area contributed by atoms with E-state index in [4.69, 9.17) is 17.3 Å². The molecule has 0 amide bonds. The minimum atomic E-state index is 0.443. The fourth-order valence-corrected chi connectivity index (χ4v) is 3.11. The van der Waals surface area contributed by atoms with E-state index in [2.05, 4.69) is 25.9 Å². The van der Waals surface area contributed by atoms with Gasteiger partial charge in [-0.3, -0.25) is 0 Å². The van der Waals surface area contributed by atoms with Crippen LogP contribution in [0, 0.1) is 17.3 Å². The molecule has 0 aliphatic heterocycles. The molecule has 0 spiro atoms. The summed E-state index contributed by atoms with van der Waals surface area (Å²) in [6.45, 7) is 7.96. The maximum absolute atomic E-state index is 5.92. The monoisotopic (exact) mass is 269 g/mol. The molecule has 1 aliphatic rings. The van der Waals surface area contributed by atoms with E-state index in [1.807, 2.05) is 4.68 Å². The Hall–Kier alpha value is -0.700. The first-order chi connectivity index (χ1) is 8.38. The molecule has 2 N–H and O–H groups in total. The molecule has 4 heteroatoms. The van der Waals surface area contributed by atoms with Crippen LogP contribution in [0.3, 0.4) is 0 Å². The van der Waals surface area contributed by atoms with Gasteiger partial charge in [0.05, 0.1) is 6.20 Å². The van der Waals surface area contributed by atoms with Crippen molar-refractivity contribution in [2.75, 3.05) is 5.73 Å². The zero-order chi connectivity index (χ0) is 13.3. The number of halogens is 1. The van der Waals surface area contributed by atoms with E-state index in [9.17, 15) is 0 Å². The highest BCUT2D eigenvalue weighted by molar-refractivity contribution is 6.32. The molecule has 1 aliphatic carbocycles. The molecule has 18 heavy (non-hydrogen) atoms. The molecular weight excluding hydrogens is 246 g/mol. The van der Waals surface area contributed by atoms with E-state index >= 15 is 0 Å². The van der Waals surface area contributed by atoms with Gasteiger partial charge in [0.1, 0.15) is 10.8 Å². The maximum Gasteiger partial charge on any atom is 0.140 e. The van der Waals surface area contributed by atoms with Crippen LogP contribution in [0.1, 0.15) is 46.5 Å². The topological polar surface area (TPSA) is 43.8 Å².